The van der Waals surface area contributed by atoms with Gasteiger partial charge >= 0.3 is 5.97 Å². The number of aryl methyl sites for hydroxylation is 1. The maximum absolute atomic E-state index is 14.9. The highest BCUT2D eigenvalue weighted by Gasteiger charge is 2.31. The fourth-order valence-corrected chi connectivity index (χ4v) is 5.89. The van der Waals surface area contributed by atoms with Crippen LogP contribution in [0.3, 0.4) is 0 Å². The van der Waals surface area contributed by atoms with Crippen molar-refractivity contribution in [2.45, 2.75) is 39.7 Å². The molecule has 1 N–H and O–H groups in total. The summed E-state index contributed by atoms with van der Waals surface area (Å²) in [4.78, 5) is 32.3. The first-order valence-electron chi connectivity index (χ1n) is 12.9. The van der Waals surface area contributed by atoms with Gasteiger partial charge in [-0.2, -0.15) is 0 Å². The zero-order chi connectivity index (χ0) is 27.7. The van der Waals surface area contributed by atoms with E-state index in [1.165, 1.54) is 6.07 Å². The lowest BCUT2D eigenvalue weighted by molar-refractivity contribution is -0.124. The predicted octanol–water partition coefficient (Wildman–Crippen LogP) is 6.15. The second-order valence-electron chi connectivity index (χ2n) is 9.51. The Hall–Kier alpha value is -3.92. The Balaban J connectivity index is 1.49. The summed E-state index contributed by atoms with van der Waals surface area (Å²) in [7, 11) is 1.56. The smallest absolute Gasteiger partial charge is 0.349 e. The molecule has 1 aliphatic rings. The summed E-state index contributed by atoms with van der Waals surface area (Å²) in [6, 6.07) is 10.2. The average molecular weight is 552 g/mol. The van der Waals surface area contributed by atoms with Crippen molar-refractivity contribution in [1.82, 2.24) is 9.55 Å². The molecular weight excluding hydrogens is 521 g/mol. The van der Waals surface area contributed by atoms with Crippen molar-refractivity contribution in [2.75, 3.05) is 25.2 Å². The third kappa shape index (κ3) is 5.08. The molecule has 0 bridgehead atoms. The van der Waals surface area contributed by atoms with Gasteiger partial charge < -0.3 is 24.0 Å². The minimum Gasteiger partial charge on any atom is -0.496 e. The van der Waals surface area contributed by atoms with E-state index >= 15 is 0 Å². The number of aromatic nitrogens is 2. The third-order valence-electron chi connectivity index (χ3n) is 7.16. The summed E-state index contributed by atoms with van der Waals surface area (Å²) >= 11 is 1.08. The Kier molecular flexibility index (Phi) is 7.56. The highest BCUT2D eigenvalue weighted by Crippen LogP contribution is 2.38. The van der Waals surface area contributed by atoms with Gasteiger partial charge in [-0.15, -0.1) is 11.3 Å². The van der Waals surface area contributed by atoms with Crippen molar-refractivity contribution in [1.29, 1.82) is 0 Å². The van der Waals surface area contributed by atoms with Crippen LogP contribution in [0.15, 0.2) is 42.6 Å². The number of carboxylic acid groups (broad SMARTS) is 1. The molecule has 0 atom stereocenters. The Labute approximate surface area is 229 Å². The van der Waals surface area contributed by atoms with Gasteiger partial charge in [-0.3, -0.25) is 9.78 Å². The first kappa shape index (κ1) is 26.7. The zero-order valence-corrected chi connectivity index (χ0v) is 22.9. The van der Waals surface area contributed by atoms with Gasteiger partial charge in [0.15, 0.2) is 4.88 Å². The van der Waals surface area contributed by atoms with E-state index in [1.54, 1.807) is 49.4 Å². The van der Waals surface area contributed by atoms with Crippen LogP contribution < -0.4 is 14.4 Å². The molecule has 4 aromatic rings. The van der Waals surface area contributed by atoms with Gasteiger partial charge in [0.2, 0.25) is 5.91 Å². The molecule has 39 heavy (non-hydrogen) atoms. The molecule has 204 valence electrons. The molecule has 0 aliphatic heterocycles. The number of hydrogen-bond acceptors (Lipinski definition) is 6. The fourth-order valence-electron chi connectivity index (χ4n) is 4.98. The van der Waals surface area contributed by atoms with Gasteiger partial charge in [0.25, 0.3) is 0 Å². The largest absolute Gasteiger partial charge is 0.496 e. The summed E-state index contributed by atoms with van der Waals surface area (Å²) in [5.74, 6) is -0.543. The number of halogens is 1. The molecule has 5 rings (SSSR count). The maximum atomic E-state index is 14.9. The van der Waals surface area contributed by atoms with E-state index in [-0.39, 0.29) is 22.5 Å². The van der Waals surface area contributed by atoms with E-state index in [2.05, 4.69) is 4.98 Å². The van der Waals surface area contributed by atoms with Crippen LogP contribution in [0.25, 0.3) is 21.5 Å². The van der Waals surface area contributed by atoms with Crippen LogP contribution in [0.1, 0.15) is 41.6 Å². The summed E-state index contributed by atoms with van der Waals surface area (Å²) in [5, 5.41) is 10.3. The van der Waals surface area contributed by atoms with E-state index in [1.807, 2.05) is 17.6 Å². The van der Waals surface area contributed by atoms with Crippen molar-refractivity contribution in [3.63, 3.8) is 0 Å². The molecule has 3 heterocycles. The average Bonchev–Trinajstić information content (AvgIpc) is 3.46. The number of aromatic carboxylic acids is 1. The lowest BCUT2D eigenvalue weighted by atomic mass is 9.84. The summed E-state index contributed by atoms with van der Waals surface area (Å²) < 4.78 is 27.8. The highest BCUT2D eigenvalue weighted by molar-refractivity contribution is 7.17. The molecule has 0 spiro atoms. The SMILES string of the molecule is CCOc1cc(-c2cc(N(CCn3c(C)cc4c(OC)ccc(F)c43)C(=O)C3CCC3)ccn2)sc1C(=O)O. The second kappa shape index (κ2) is 11.1. The Bertz CT molecular complexity index is 1540. The molecule has 10 heteroatoms. The van der Waals surface area contributed by atoms with E-state index in [0.29, 0.717) is 58.4 Å². The number of nitrogens with zero attached hydrogens (tertiary/aromatic N) is 3. The van der Waals surface area contributed by atoms with Gasteiger partial charge in [-0.05, 0) is 57.0 Å². The number of hydrogen-bond donors (Lipinski definition) is 1. The topological polar surface area (TPSA) is 93.9 Å². The molecule has 1 aromatic carbocycles. The normalized spacial score (nSPS) is 13.3. The van der Waals surface area contributed by atoms with Gasteiger partial charge in [0.1, 0.15) is 17.3 Å². The summed E-state index contributed by atoms with van der Waals surface area (Å²) in [5.41, 5.74) is 2.52. The van der Waals surface area contributed by atoms with E-state index in [9.17, 15) is 19.1 Å². The number of anilines is 1. The first-order valence-corrected chi connectivity index (χ1v) is 13.7. The first-order chi connectivity index (χ1) is 18.8. The summed E-state index contributed by atoms with van der Waals surface area (Å²) in [6.45, 7) is 4.76. The minimum absolute atomic E-state index is 0.0259. The number of thiophene rings is 1. The van der Waals surface area contributed by atoms with Gasteiger partial charge in [0, 0.05) is 48.0 Å². The fraction of sp³-hybridized carbons (Fsp3) is 0.345. The van der Waals surface area contributed by atoms with E-state index in [0.717, 1.165) is 36.3 Å². The number of pyridine rings is 1. The molecule has 1 saturated carbocycles. The monoisotopic (exact) mass is 551 g/mol. The van der Waals surface area contributed by atoms with Crippen molar-refractivity contribution < 1.29 is 28.6 Å². The number of ether oxygens (including phenoxy) is 2. The number of rotatable bonds is 10. The van der Waals surface area contributed by atoms with Crippen molar-refractivity contribution in [2.24, 2.45) is 5.92 Å². The highest BCUT2D eigenvalue weighted by atomic mass is 32.1. The standard InChI is InChI=1S/C29H30FN3O5S/c1-4-38-24-16-25(39-27(24)29(35)36)22-15-19(10-11-31-22)33(28(34)18-6-5-7-18)13-12-32-17(2)14-20-23(37-3)9-8-21(30)26(20)32/h8-11,14-16,18H,4-7,12-13H2,1-3H3,(H,35,36). The van der Waals surface area contributed by atoms with Crippen LogP contribution in [0.5, 0.6) is 11.5 Å². The Morgan fingerprint density at radius 3 is 2.67 bits per heavy atom. The molecule has 0 saturated heterocycles. The molecular formula is C29H30FN3O5S. The van der Waals surface area contributed by atoms with Crippen LogP contribution in [-0.2, 0) is 11.3 Å². The van der Waals surface area contributed by atoms with Crippen LogP contribution in [0, 0.1) is 18.7 Å². The van der Waals surface area contributed by atoms with Crippen molar-refractivity contribution in [3.05, 3.63) is 59.0 Å². The van der Waals surface area contributed by atoms with Gasteiger partial charge in [-0.1, -0.05) is 6.42 Å². The third-order valence-corrected chi connectivity index (χ3v) is 8.29. The Morgan fingerprint density at radius 2 is 2.00 bits per heavy atom. The maximum Gasteiger partial charge on any atom is 0.349 e. The quantitative estimate of drug-likeness (QED) is 0.254. The zero-order valence-electron chi connectivity index (χ0n) is 22.1. The van der Waals surface area contributed by atoms with E-state index in [4.69, 9.17) is 9.47 Å². The van der Waals surface area contributed by atoms with Gasteiger partial charge in [-0.25, -0.2) is 9.18 Å². The molecule has 1 amide bonds. The van der Waals surface area contributed by atoms with Crippen LogP contribution >= 0.6 is 11.3 Å². The Morgan fingerprint density at radius 1 is 1.21 bits per heavy atom. The lowest BCUT2D eigenvalue weighted by Gasteiger charge is -2.32. The van der Waals surface area contributed by atoms with Crippen LogP contribution in [0.4, 0.5) is 10.1 Å². The number of carbonyl (C=O) groups excluding carboxylic acids is 1. The molecule has 0 radical (unpaired) electrons. The number of fused-ring (bicyclic) bond motifs is 1. The van der Waals surface area contributed by atoms with Crippen molar-refractivity contribution in [3.8, 4) is 22.1 Å². The summed E-state index contributed by atoms with van der Waals surface area (Å²) in [6.07, 6.45) is 4.32. The number of benzene rings is 1. The number of carbonyl (C=O) groups is 2. The molecule has 0 unspecified atom stereocenters. The van der Waals surface area contributed by atoms with Gasteiger partial charge in [0.05, 0.1) is 29.8 Å². The number of methoxy groups -OCH3 is 1. The van der Waals surface area contributed by atoms with Crippen LogP contribution in [0.2, 0.25) is 0 Å². The molecule has 1 fully saturated rings. The van der Waals surface area contributed by atoms with E-state index < -0.39 is 5.97 Å². The second-order valence-corrected chi connectivity index (χ2v) is 10.6. The molecule has 3 aromatic heterocycles. The molecule has 8 nitrogen and oxygen atoms in total. The van der Waals surface area contributed by atoms with Crippen molar-refractivity contribution >= 4 is 39.8 Å². The lowest BCUT2D eigenvalue weighted by Crippen LogP contribution is -2.41. The minimum atomic E-state index is -1.06. The predicted molar refractivity (Wildman–Crippen MR) is 149 cm³/mol. The number of carboxylic acids is 1. The van der Waals surface area contributed by atoms with Crippen LogP contribution in [-0.4, -0.2) is 46.8 Å². The number of amides is 1. The molecule has 1 aliphatic carbocycles.